The first-order valence-electron chi connectivity index (χ1n) is 7.61. The zero-order valence-electron chi connectivity index (χ0n) is 14.0. The summed E-state index contributed by atoms with van der Waals surface area (Å²) in [5.74, 6) is 0.206. The van der Waals surface area contributed by atoms with Crippen LogP contribution in [0.15, 0.2) is 42.5 Å². The van der Waals surface area contributed by atoms with E-state index in [1.54, 1.807) is 24.3 Å². The molecule has 2 rings (SSSR count). The van der Waals surface area contributed by atoms with Crippen molar-refractivity contribution in [2.24, 2.45) is 0 Å². The van der Waals surface area contributed by atoms with Gasteiger partial charge in [0.25, 0.3) is 11.8 Å². The van der Waals surface area contributed by atoms with E-state index < -0.39 is 11.8 Å². The van der Waals surface area contributed by atoms with Crippen molar-refractivity contribution in [3.63, 3.8) is 0 Å². The third-order valence-electron chi connectivity index (χ3n) is 3.29. The lowest BCUT2D eigenvalue weighted by Crippen LogP contribution is -2.45. The summed E-state index contributed by atoms with van der Waals surface area (Å²) < 4.78 is 10.8. The van der Waals surface area contributed by atoms with Crippen molar-refractivity contribution in [3.05, 3.63) is 58.6 Å². The zero-order valence-corrected chi connectivity index (χ0v) is 14.7. The molecule has 2 amide bonds. The summed E-state index contributed by atoms with van der Waals surface area (Å²) >= 11 is 5.85. The van der Waals surface area contributed by atoms with Gasteiger partial charge in [0.2, 0.25) is 0 Å². The Morgan fingerprint density at radius 1 is 0.880 bits per heavy atom. The predicted octanol–water partition coefficient (Wildman–Crippen LogP) is 2.56. The Kier molecular flexibility index (Phi) is 6.65. The van der Waals surface area contributed by atoms with Crippen LogP contribution in [0.2, 0.25) is 5.02 Å². The molecule has 0 heterocycles. The SMILES string of the molecule is Cc1ccccc1OCC(=O)NNC(=O)COc1ccc(Cl)cc1C. The van der Waals surface area contributed by atoms with Gasteiger partial charge in [-0.1, -0.05) is 29.8 Å². The van der Waals surface area contributed by atoms with Gasteiger partial charge >= 0.3 is 0 Å². The van der Waals surface area contributed by atoms with E-state index in [0.29, 0.717) is 16.5 Å². The fourth-order valence-electron chi connectivity index (χ4n) is 1.99. The highest BCUT2D eigenvalue weighted by atomic mass is 35.5. The van der Waals surface area contributed by atoms with Gasteiger partial charge in [0.05, 0.1) is 0 Å². The molecule has 7 heteroatoms. The molecule has 25 heavy (non-hydrogen) atoms. The summed E-state index contributed by atoms with van der Waals surface area (Å²) in [5, 5.41) is 0.593. The number of halogens is 1. The number of benzene rings is 2. The van der Waals surface area contributed by atoms with Crippen LogP contribution in [0.25, 0.3) is 0 Å². The normalized spacial score (nSPS) is 10.0. The van der Waals surface area contributed by atoms with Crippen molar-refractivity contribution in [3.8, 4) is 11.5 Å². The van der Waals surface area contributed by atoms with Gasteiger partial charge in [0.15, 0.2) is 13.2 Å². The van der Waals surface area contributed by atoms with Crippen LogP contribution in [0.3, 0.4) is 0 Å². The van der Waals surface area contributed by atoms with Crippen LogP contribution in [-0.4, -0.2) is 25.0 Å². The van der Waals surface area contributed by atoms with Crippen LogP contribution < -0.4 is 20.3 Å². The van der Waals surface area contributed by atoms with Crippen molar-refractivity contribution in [2.45, 2.75) is 13.8 Å². The van der Waals surface area contributed by atoms with E-state index in [4.69, 9.17) is 21.1 Å². The molecule has 2 aromatic rings. The summed E-state index contributed by atoms with van der Waals surface area (Å²) in [5.41, 5.74) is 6.27. The third kappa shape index (κ3) is 6.00. The minimum Gasteiger partial charge on any atom is -0.483 e. The molecule has 132 valence electrons. The van der Waals surface area contributed by atoms with Gasteiger partial charge in [-0.05, 0) is 49.2 Å². The summed E-state index contributed by atoms with van der Waals surface area (Å²) in [6.45, 7) is 3.26. The molecular formula is C18H19ClN2O4. The fraction of sp³-hybridized carbons (Fsp3) is 0.222. The second kappa shape index (κ2) is 8.94. The number of hydrogen-bond acceptors (Lipinski definition) is 4. The molecule has 0 aliphatic carbocycles. The number of rotatable bonds is 6. The minimum atomic E-state index is -0.487. The number of hydrogen-bond donors (Lipinski definition) is 2. The summed E-state index contributed by atoms with van der Waals surface area (Å²) in [6.07, 6.45) is 0. The smallest absolute Gasteiger partial charge is 0.276 e. The lowest BCUT2D eigenvalue weighted by molar-refractivity contribution is -0.131. The second-order valence-corrected chi connectivity index (χ2v) is 5.79. The highest BCUT2D eigenvalue weighted by molar-refractivity contribution is 6.30. The molecule has 0 saturated heterocycles. The fourth-order valence-corrected chi connectivity index (χ4v) is 2.22. The number of nitrogens with one attached hydrogen (secondary N) is 2. The highest BCUT2D eigenvalue weighted by Gasteiger charge is 2.08. The standard InChI is InChI=1S/C18H19ClN2O4/c1-12-5-3-4-6-15(12)24-10-17(22)20-21-18(23)11-25-16-8-7-14(19)9-13(16)2/h3-9H,10-11H2,1-2H3,(H,20,22)(H,21,23). The first-order valence-corrected chi connectivity index (χ1v) is 7.98. The van der Waals surface area contributed by atoms with Crippen molar-refractivity contribution in [2.75, 3.05) is 13.2 Å². The maximum atomic E-state index is 11.7. The molecule has 0 radical (unpaired) electrons. The molecular weight excluding hydrogens is 344 g/mol. The Bertz CT molecular complexity index is 764. The van der Waals surface area contributed by atoms with Crippen LogP contribution >= 0.6 is 11.6 Å². The third-order valence-corrected chi connectivity index (χ3v) is 3.52. The number of aryl methyl sites for hydroxylation is 2. The minimum absolute atomic E-state index is 0.206. The first kappa shape index (κ1) is 18.6. The van der Waals surface area contributed by atoms with E-state index in [9.17, 15) is 9.59 Å². The average Bonchev–Trinajstić information content (AvgIpc) is 2.58. The van der Waals surface area contributed by atoms with Gasteiger partial charge in [-0.15, -0.1) is 0 Å². The molecule has 0 aliphatic rings. The molecule has 0 atom stereocenters. The summed E-state index contributed by atoms with van der Waals surface area (Å²) in [7, 11) is 0. The molecule has 0 spiro atoms. The van der Waals surface area contributed by atoms with Crippen molar-refractivity contribution in [1.29, 1.82) is 0 Å². The lowest BCUT2D eigenvalue weighted by Gasteiger charge is -2.11. The van der Waals surface area contributed by atoms with Crippen molar-refractivity contribution in [1.82, 2.24) is 10.9 Å². The van der Waals surface area contributed by atoms with E-state index >= 15 is 0 Å². The number of carbonyl (C=O) groups excluding carboxylic acids is 2. The second-order valence-electron chi connectivity index (χ2n) is 5.35. The van der Waals surface area contributed by atoms with E-state index in [2.05, 4.69) is 10.9 Å². The van der Waals surface area contributed by atoms with Crippen LogP contribution in [0.5, 0.6) is 11.5 Å². The van der Waals surface area contributed by atoms with Gasteiger partial charge in [-0.2, -0.15) is 0 Å². The molecule has 0 fully saturated rings. The lowest BCUT2D eigenvalue weighted by atomic mass is 10.2. The predicted molar refractivity (Wildman–Crippen MR) is 94.6 cm³/mol. The Hall–Kier alpha value is -2.73. The van der Waals surface area contributed by atoms with Crippen LogP contribution in [0.1, 0.15) is 11.1 Å². The molecule has 2 aromatic carbocycles. The first-order chi connectivity index (χ1) is 12.0. The number of ether oxygens (including phenoxy) is 2. The quantitative estimate of drug-likeness (QED) is 0.774. The van der Waals surface area contributed by atoms with Gasteiger partial charge in [0, 0.05) is 5.02 Å². The molecule has 0 unspecified atom stereocenters. The maximum absolute atomic E-state index is 11.7. The number of amides is 2. The van der Waals surface area contributed by atoms with Crippen LogP contribution in [-0.2, 0) is 9.59 Å². The Morgan fingerprint density at radius 2 is 1.44 bits per heavy atom. The maximum Gasteiger partial charge on any atom is 0.276 e. The molecule has 0 aliphatic heterocycles. The molecule has 6 nitrogen and oxygen atoms in total. The topological polar surface area (TPSA) is 76.7 Å². The van der Waals surface area contributed by atoms with Crippen LogP contribution in [0.4, 0.5) is 0 Å². The summed E-state index contributed by atoms with van der Waals surface area (Å²) in [4.78, 5) is 23.4. The summed E-state index contributed by atoms with van der Waals surface area (Å²) in [6, 6.07) is 12.4. The Labute approximate surface area is 151 Å². The van der Waals surface area contributed by atoms with Gasteiger partial charge in [0.1, 0.15) is 11.5 Å². The Morgan fingerprint density at radius 3 is 2.00 bits per heavy atom. The van der Waals surface area contributed by atoms with E-state index in [0.717, 1.165) is 11.1 Å². The average molecular weight is 363 g/mol. The molecule has 0 bridgehead atoms. The van der Waals surface area contributed by atoms with Gasteiger partial charge in [-0.25, -0.2) is 0 Å². The highest BCUT2D eigenvalue weighted by Crippen LogP contribution is 2.21. The van der Waals surface area contributed by atoms with Crippen molar-refractivity contribution < 1.29 is 19.1 Å². The number of para-hydroxylation sites is 1. The van der Waals surface area contributed by atoms with Crippen molar-refractivity contribution >= 4 is 23.4 Å². The number of hydrazine groups is 1. The number of carbonyl (C=O) groups is 2. The van der Waals surface area contributed by atoms with E-state index in [1.807, 2.05) is 32.0 Å². The largest absolute Gasteiger partial charge is 0.483 e. The van der Waals surface area contributed by atoms with E-state index in [-0.39, 0.29) is 13.2 Å². The monoisotopic (exact) mass is 362 g/mol. The Balaban J connectivity index is 1.70. The van der Waals surface area contributed by atoms with Gasteiger partial charge in [-0.3, -0.25) is 20.4 Å². The van der Waals surface area contributed by atoms with Gasteiger partial charge < -0.3 is 9.47 Å². The molecule has 0 aromatic heterocycles. The molecule has 2 N–H and O–H groups in total. The molecule has 0 saturated carbocycles. The zero-order chi connectivity index (χ0) is 18.2. The van der Waals surface area contributed by atoms with Crippen LogP contribution in [0, 0.1) is 13.8 Å². The van der Waals surface area contributed by atoms with E-state index in [1.165, 1.54) is 0 Å².